The fraction of sp³-hybridized carbons (Fsp3) is 0.462. The third-order valence-electron chi connectivity index (χ3n) is 2.34. The number of hydrogen-bond donors (Lipinski definition) is 1. The fourth-order valence-electron chi connectivity index (χ4n) is 1.64. The Morgan fingerprint density at radius 2 is 2.38 bits per heavy atom. The smallest absolute Gasteiger partial charge is 0.135 e. The molecule has 0 aliphatic heterocycles. The Morgan fingerprint density at radius 3 is 2.94 bits per heavy atom. The van der Waals surface area contributed by atoms with E-state index in [0.29, 0.717) is 6.54 Å². The monoisotopic (exact) mass is 218 g/mol. The van der Waals surface area contributed by atoms with Crippen LogP contribution in [0, 0.1) is 12.3 Å². The number of nitrogens with zero attached hydrogens (tertiary/aromatic N) is 2. The SMILES string of the molecule is C#CCN(CCC)c1ncccc1C(C)O. The number of aliphatic hydroxyl groups is 1. The van der Waals surface area contributed by atoms with Gasteiger partial charge in [0.2, 0.25) is 0 Å². The van der Waals surface area contributed by atoms with Crippen molar-refractivity contribution in [3.8, 4) is 12.3 Å². The van der Waals surface area contributed by atoms with Crippen molar-refractivity contribution in [3.05, 3.63) is 23.9 Å². The van der Waals surface area contributed by atoms with Gasteiger partial charge in [0.15, 0.2) is 0 Å². The fourth-order valence-corrected chi connectivity index (χ4v) is 1.64. The summed E-state index contributed by atoms with van der Waals surface area (Å²) >= 11 is 0. The second-order valence-electron chi connectivity index (χ2n) is 3.72. The van der Waals surface area contributed by atoms with E-state index in [0.717, 1.165) is 24.3 Å². The van der Waals surface area contributed by atoms with Gasteiger partial charge in [0.05, 0.1) is 12.6 Å². The average molecular weight is 218 g/mol. The Labute approximate surface area is 97.1 Å². The molecule has 0 aliphatic carbocycles. The summed E-state index contributed by atoms with van der Waals surface area (Å²) in [6.07, 6.45) is 7.53. The van der Waals surface area contributed by atoms with Gasteiger partial charge < -0.3 is 10.0 Å². The minimum Gasteiger partial charge on any atom is -0.389 e. The first-order chi connectivity index (χ1) is 7.70. The van der Waals surface area contributed by atoms with Crippen LogP contribution in [0.5, 0.6) is 0 Å². The molecule has 1 rings (SSSR count). The van der Waals surface area contributed by atoms with E-state index in [1.54, 1.807) is 13.1 Å². The minimum absolute atomic E-state index is 0.518. The van der Waals surface area contributed by atoms with Crippen LogP contribution < -0.4 is 4.90 Å². The van der Waals surface area contributed by atoms with E-state index < -0.39 is 6.10 Å². The zero-order valence-electron chi connectivity index (χ0n) is 9.85. The summed E-state index contributed by atoms with van der Waals surface area (Å²) in [7, 11) is 0. The zero-order chi connectivity index (χ0) is 12.0. The molecule has 0 aliphatic rings. The lowest BCUT2D eigenvalue weighted by atomic mass is 10.1. The van der Waals surface area contributed by atoms with E-state index in [1.165, 1.54) is 0 Å². The van der Waals surface area contributed by atoms with Crippen LogP contribution in [0.15, 0.2) is 18.3 Å². The highest BCUT2D eigenvalue weighted by Crippen LogP contribution is 2.23. The van der Waals surface area contributed by atoms with Crippen molar-refractivity contribution in [2.75, 3.05) is 18.0 Å². The Kier molecular flexibility index (Phi) is 4.81. The van der Waals surface area contributed by atoms with Crippen molar-refractivity contribution in [2.45, 2.75) is 26.4 Å². The summed E-state index contributed by atoms with van der Waals surface area (Å²) in [5.74, 6) is 3.41. The van der Waals surface area contributed by atoms with Gasteiger partial charge in [0, 0.05) is 18.3 Å². The molecule has 1 aromatic heterocycles. The van der Waals surface area contributed by atoms with Crippen molar-refractivity contribution >= 4 is 5.82 Å². The highest BCUT2D eigenvalue weighted by atomic mass is 16.3. The predicted molar refractivity (Wildman–Crippen MR) is 66.2 cm³/mol. The number of aromatic nitrogens is 1. The summed E-state index contributed by atoms with van der Waals surface area (Å²) in [4.78, 5) is 6.32. The van der Waals surface area contributed by atoms with E-state index in [-0.39, 0.29) is 0 Å². The molecule has 1 atom stereocenters. The molecule has 0 saturated heterocycles. The Bertz CT molecular complexity index is 368. The number of hydrogen-bond acceptors (Lipinski definition) is 3. The van der Waals surface area contributed by atoms with E-state index in [2.05, 4.69) is 17.8 Å². The normalized spacial score (nSPS) is 11.9. The number of pyridine rings is 1. The molecule has 16 heavy (non-hydrogen) atoms. The number of rotatable bonds is 5. The first kappa shape index (κ1) is 12.5. The van der Waals surface area contributed by atoms with Crippen LogP contribution in [-0.4, -0.2) is 23.2 Å². The lowest BCUT2D eigenvalue weighted by Crippen LogP contribution is -2.26. The molecule has 0 saturated carbocycles. The van der Waals surface area contributed by atoms with Gasteiger partial charge in [0.25, 0.3) is 0 Å². The average Bonchev–Trinajstić information content (AvgIpc) is 2.29. The van der Waals surface area contributed by atoms with E-state index in [4.69, 9.17) is 6.42 Å². The molecule has 1 aromatic rings. The Morgan fingerprint density at radius 1 is 1.62 bits per heavy atom. The predicted octanol–water partition coefficient (Wildman–Crippen LogP) is 1.98. The summed E-state index contributed by atoms with van der Waals surface area (Å²) < 4.78 is 0. The molecular weight excluding hydrogens is 200 g/mol. The summed E-state index contributed by atoms with van der Waals surface area (Å²) in [6, 6.07) is 3.71. The van der Waals surface area contributed by atoms with Gasteiger partial charge in [-0.3, -0.25) is 0 Å². The molecule has 1 N–H and O–H groups in total. The quantitative estimate of drug-likeness (QED) is 0.768. The molecule has 0 radical (unpaired) electrons. The summed E-state index contributed by atoms with van der Waals surface area (Å²) in [6.45, 7) is 5.19. The van der Waals surface area contributed by atoms with Gasteiger partial charge in [-0.05, 0) is 19.4 Å². The van der Waals surface area contributed by atoms with Crippen molar-refractivity contribution < 1.29 is 5.11 Å². The van der Waals surface area contributed by atoms with E-state index in [1.807, 2.05) is 17.0 Å². The van der Waals surface area contributed by atoms with Gasteiger partial charge in [-0.15, -0.1) is 6.42 Å². The molecule has 0 spiro atoms. The molecule has 1 unspecified atom stereocenters. The third-order valence-corrected chi connectivity index (χ3v) is 2.34. The van der Waals surface area contributed by atoms with Crippen molar-refractivity contribution in [1.82, 2.24) is 4.98 Å². The molecule has 3 heteroatoms. The molecule has 0 amide bonds. The molecular formula is C13H18N2O. The van der Waals surface area contributed by atoms with E-state index in [9.17, 15) is 5.11 Å². The first-order valence-corrected chi connectivity index (χ1v) is 5.52. The maximum atomic E-state index is 9.67. The molecule has 1 heterocycles. The van der Waals surface area contributed by atoms with E-state index >= 15 is 0 Å². The first-order valence-electron chi connectivity index (χ1n) is 5.52. The lowest BCUT2D eigenvalue weighted by molar-refractivity contribution is 0.199. The van der Waals surface area contributed by atoms with Crippen LogP contribution in [0.2, 0.25) is 0 Å². The van der Waals surface area contributed by atoms with Gasteiger partial charge in [-0.2, -0.15) is 0 Å². The van der Waals surface area contributed by atoms with Crippen LogP contribution in [0.3, 0.4) is 0 Å². The summed E-state index contributed by atoms with van der Waals surface area (Å²) in [5.41, 5.74) is 0.825. The molecule has 0 aromatic carbocycles. The van der Waals surface area contributed by atoms with Crippen LogP contribution in [0.25, 0.3) is 0 Å². The Hall–Kier alpha value is -1.53. The second-order valence-corrected chi connectivity index (χ2v) is 3.72. The maximum Gasteiger partial charge on any atom is 0.135 e. The lowest BCUT2D eigenvalue weighted by Gasteiger charge is -2.24. The molecule has 0 fully saturated rings. The largest absolute Gasteiger partial charge is 0.389 e. The van der Waals surface area contributed by atoms with Crippen LogP contribution in [0.4, 0.5) is 5.82 Å². The van der Waals surface area contributed by atoms with Gasteiger partial charge in [-0.1, -0.05) is 18.9 Å². The third kappa shape index (κ3) is 2.98. The van der Waals surface area contributed by atoms with Crippen molar-refractivity contribution in [2.24, 2.45) is 0 Å². The number of aliphatic hydroxyl groups excluding tert-OH is 1. The molecule has 3 nitrogen and oxygen atoms in total. The highest BCUT2D eigenvalue weighted by Gasteiger charge is 2.13. The van der Waals surface area contributed by atoms with Crippen LogP contribution in [0.1, 0.15) is 31.9 Å². The van der Waals surface area contributed by atoms with Crippen molar-refractivity contribution in [3.63, 3.8) is 0 Å². The topological polar surface area (TPSA) is 36.4 Å². The standard InChI is InChI=1S/C13H18N2O/c1-4-9-15(10-5-2)13-12(11(3)16)7-6-8-14-13/h1,6-8,11,16H,5,9-10H2,2-3H3. The maximum absolute atomic E-state index is 9.67. The van der Waals surface area contributed by atoms with Crippen molar-refractivity contribution in [1.29, 1.82) is 0 Å². The summed E-state index contributed by atoms with van der Waals surface area (Å²) in [5, 5.41) is 9.67. The Balaban J connectivity index is 3.03. The highest BCUT2D eigenvalue weighted by molar-refractivity contribution is 5.48. The van der Waals surface area contributed by atoms with Gasteiger partial charge in [0.1, 0.15) is 5.82 Å². The van der Waals surface area contributed by atoms with Gasteiger partial charge in [-0.25, -0.2) is 4.98 Å². The second kappa shape index (κ2) is 6.14. The van der Waals surface area contributed by atoms with Gasteiger partial charge >= 0.3 is 0 Å². The molecule has 0 bridgehead atoms. The zero-order valence-corrected chi connectivity index (χ0v) is 9.85. The number of terminal acetylenes is 1. The van der Waals surface area contributed by atoms with Crippen LogP contribution >= 0.6 is 0 Å². The minimum atomic E-state index is -0.527. The van der Waals surface area contributed by atoms with Crippen LogP contribution in [-0.2, 0) is 0 Å². The molecule has 86 valence electrons. The number of anilines is 1.